The minimum absolute atomic E-state index is 0.225. The lowest BCUT2D eigenvalue weighted by molar-refractivity contribution is 0.0702. The quantitative estimate of drug-likeness (QED) is 0.912. The molecule has 1 aromatic heterocycles. The van der Waals surface area contributed by atoms with Crippen molar-refractivity contribution in [3.63, 3.8) is 0 Å². The molecular formula is C12H9FO3S. The number of aromatic carboxylic acids is 1. The van der Waals surface area contributed by atoms with E-state index >= 15 is 0 Å². The average molecular weight is 252 g/mol. The third kappa shape index (κ3) is 2.45. The first-order valence-corrected chi connectivity index (χ1v) is 5.60. The summed E-state index contributed by atoms with van der Waals surface area (Å²) in [6.07, 6.45) is 0. The lowest BCUT2D eigenvalue weighted by Crippen LogP contribution is -1.89. The highest BCUT2D eigenvalue weighted by Crippen LogP contribution is 2.31. The maximum absolute atomic E-state index is 13.3. The van der Waals surface area contributed by atoms with Crippen LogP contribution in [0.3, 0.4) is 0 Å². The van der Waals surface area contributed by atoms with Gasteiger partial charge in [-0.05, 0) is 29.8 Å². The Bertz CT molecular complexity index is 563. The largest absolute Gasteiger partial charge is 0.497 e. The molecule has 0 unspecified atom stereocenters. The van der Waals surface area contributed by atoms with Crippen LogP contribution in [0.15, 0.2) is 30.3 Å². The van der Waals surface area contributed by atoms with Crippen molar-refractivity contribution in [1.29, 1.82) is 0 Å². The van der Waals surface area contributed by atoms with Crippen LogP contribution in [-0.2, 0) is 0 Å². The Hall–Kier alpha value is -1.88. The molecule has 0 spiro atoms. The van der Waals surface area contributed by atoms with E-state index in [4.69, 9.17) is 9.84 Å². The maximum Gasteiger partial charge on any atom is 0.345 e. The van der Waals surface area contributed by atoms with E-state index in [2.05, 4.69) is 0 Å². The molecule has 0 aliphatic carbocycles. The van der Waals surface area contributed by atoms with Crippen LogP contribution in [0.25, 0.3) is 10.4 Å². The van der Waals surface area contributed by atoms with Gasteiger partial charge in [-0.3, -0.25) is 0 Å². The number of carboxylic acids is 1. The number of thiophene rings is 1. The lowest BCUT2D eigenvalue weighted by Gasteiger charge is -2.03. The number of methoxy groups -OCH3 is 1. The number of carboxylic acid groups (broad SMARTS) is 1. The molecule has 0 saturated carbocycles. The van der Waals surface area contributed by atoms with Crippen molar-refractivity contribution in [2.24, 2.45) is 0 Å². The molecule has 5 heteroatoms. The summed E-state index contributed by atoms with van der Waals surface area (Å²) in [6.45, 7) is 0. The molecule has 2 aromatic rings. The zero-order valence-corrected chi connectivity index (χ0v) is 9.75. The SMILES string of the molecule is COc1cc(F)cc(-c2ccc(C(=O)O)s2)c1. The van der Waals surface area contributed by atoms with Gasteiger partial charge in [0.25, 0.3) is 0 Å². The summed E-state index contributed by atoms with van der Waals surface area (Å²) >= 11 is 1.10. The fourth-order valence-electron chi connectivity index (χ4n) is 1.43. The fourth-order valence-corrected chi connectivity index (χ4v) is 2.26. The van der Waals surface area contributed by atoms with Gasteiger partial charge in [-0.15, -0.1) is 11.3 Å². The third-order valence-corrected chi connectivity index (χ3v) is 3.33. The topological polar surface area (TPSA) is 46.5 Å². The van der Waals surface area contributed by atoms with Crippen molar-refractivity contribution in [3.05, 3.63) is 41.0 Å². The van der Waals surface area contributed by atoms with Crippen LogP contribution < -0.4 is 4.74 Å². The molecule has 88 valence electrons. The Morgan fingerprint density at radius 2 is 2.12 bits per heavy atom. The summed E-state index contributed by atoms with van der Waals surface area (Å²) in [6, 6.07) is 7.44. The minimum atomic E-state index is -0.982. The number of ether oxygens (including phenoxy) is 1. The van der Waals surface area contributed by atoms with Gasteiger partial charge in [-0.1, -0.05) is 0 Å². The van der Waals surface area contributed by atoms with Crippen LogP contribution in [0.2, 0.25) is 0 Å². The molecule has 17 heavy (non-hydrogen) atoms. The molecule has 0 saturated heterocycles. The Balaban J connectivity index is 2.44. The first-order valence-electron chi connectivity index (χ1n) is 4.78. The van der Waals surface area contributed by atoms with E-state index in [0.29, 0.717) is 16.2 Å². The molecular weight excluding hydrogens is 243 g/mol. The molecule has 0 fully saturated rings. The lowest BCUT2D eigenvalue weighted by atomic mass is 10.2. The van der Waals surface area contributed by atoms with Crippen molar-refractivity contribution in [2.45, 2.75) is 0 Å². The van der Waals surface area contributed by atoms with Gasteiger partial charge in [0.1, 0.15) is 16.4 Å². The predicted molar refractivity (Wildman–Crippen MR) is 63.2 cm³/mol. The van der Waals surface area contributed by atoms with Crippen molar-refractivity contribution in [2.75, 3.05) is 7.11 Å². The number of hydrogen-bond donors (Lipinski definition) is 1. The molecule has 3 nitrogen and oxygen atoms in total. The first-order chi connectivity index (χ1) is 8.10. The summed E-state index contributed by atoms with van der Waals surface area (Å²) in [5, 5.41) is 8.81. The molecule has 2 rings (SSSR count). The standard InChI is InChI=1S/C12H9FO3S/c1-16-9-5-7(4-8(13)6-9)10-2-3-11(17-10)12(14)15/h2-6H,1H3,(H,14,15). The highest BCUT2D eigenvalue weighted by atomic mass is 32.1. The Kier molecular flexibility index (Phi) is 3.10. The van der Waals surface area contributed by atoms with Crippen molar-refractivity contribution < 1.29 is 19.0 Å². The molecule has 0 aliphatic rings. The van der Waals surface area contributed by atoms with E-state index in [1.54, 1.807) is 12.1 Å². The summed E-state index contributed by atoms with van der Waals surface area (Å²) < 4.78 is 18.2. The van der Waals surface area contributed by atoms with Gasteiger partial charge in [0, 0.05) is 10.9 Å². The van der Waals surface area contributed by atoms with Gasteiger partial charge in [-0.2, -0.15) is 0 Å². The van der Waals surface area contributed by atoms with E-state index in [1.165, 1.54) is 25.3 Å². The van der Waals surface area contributed by atoms with Crippen LogP contribution in [-0.4, -0.2) is 18.2 Å². The van der Waals surface area contributed by atoms with E-state index in [0.717, 1.165) is 11.3 Å². The summed E-state index contributed by atoms with van der Waals surface area (Å²) in [7, 11) is 1.45. The molecule has 0 bridgehead atoms. The summed E-state index contributed by atoms with van der Waals surface area (Å²) in [5.41, 5.74) is 0.611. The monoisotopic (exact) mass is 252 g/mol. The van der Waals surface area contributed by atoms with Gasteiger partial charge in [0.05, 0.1) is 7.11 Å². The number of rotatable bonds is 3. The Morgan fingerprint density at radius 3 is 2.71 bits per heavy atom. The Labute approximate surface area is 101 Å². The van der Waals surface area contributed by atoms with Crippen molar-refractivity contribution in [1.82, 2.24) is 0 Å². The second kappa shape index (κ2) is 4.55. The molecule has 1 N–H and O–H groups in total. The van der Waals surface area contributed by atoms with E-state index in [9.17, 15) is 9.18 Å². The summed E-state index contributed by atoms with van der Waals surface area (Å²) in [4.78, 5) is 11.7. The van der Waals surface area contributed by atoms with Crippen LogP contribution >= 0.6 is 11.3 Å². The molecule has 1 aromatic carbocycles. The second-order valence-electron chi connectivity index (χ2n) is 3.35. The number of halogens is 1. The van der Waals surface area contributed by atoms with Crippen LogP contribution in [0.5, 0.6) is 5.75 Å². The van der Waals surface area contributed by atoms with E-state index < -0.39 is 11.8 Å². The van der Waals surface area contributed by atoms with Gasteiger partial charge >= 0.3 is 5.97 Å². The van der Waals surface area contributed by atoms with Crippen LogP contribution in [0.4, 0.5) is 4.39 Å². The molecule has 0 aliphatic heterocycles. The highest BCUT2D eigenvalue weighted by Gasteiger charge is 2.10. The van der Waals surface area contributed by atoms with Gasteiger partial charge in [-0.25, -0.2) is 9.18 Å². The van der Waals surface area contributed by atoms with Crippen LogP contribution in [0, 0.1) is 5.82 Å². The van der Waals surface area contributed by atoms with E-state index in [-0.39, 0.29) is 4.88 Å². The van der Waals surface area contributed by atoms with Gasteiger partial charge in [0.2, 0.25) is 0 Å². The highest BCUT2D eigenvalue weighted by molar-refractivity contribution is 7.17. The zero-order chi connectivity index (χ0) is 12.4. The Morgan fingerprint density at radius 1 is 1.35 bits per heavy atom. The molecule has 0 radical (unpaired) electrons. The number of benzene rings is 1. The fraction of sp³-hybridized carbons (Fsp3) is 0.0833. The van der Waals surface area contributed by atoms with Crippen molar-refractivity contribution in [3.8, 4) is 16.2 Å². The second-order valence-corrected chi connectivity index (χ2v) is 4.43. The summed E-state index contributed by atoms with van der Waals surface area (Å²) in [5.74, 6) is -0.987. The third-order valence-electron chi connectivity index (χ3n) is 2.21. The van der Waals surface area contributed by atoms with Gasteiger partial charge in [0.15, 0.2) is 0 Å². The molecule has 0 amide bonds. The minimum Gasteiger partial charge on any atom is -0.497 e. The predicted octanol–water partition coefficient (Wildman–Crippen LogP) is 3.26. The van der Waals surface area contributed by atoms with Gasteiger partial charge < -0.3 is 9.84 Å². The first kappa shape index (κ1) is 11.6. The van der Waals surface area contributed by atoms with Crippen LogP contribution in [0.1, 0.15) is 9.67 Å². The van der Waals surface area contributed by atoms with Crippen molar-refractivity contribution >= 4 is 17.3 Å². The molecule has 1 heterocycles. The smallest absolute Gasteiger partial charge is 0.345 e. The molecule has 0 atom stereocenters. The van der Waals surface area contributed by atoms with E-state index in [1.807, 2.05) is 0 Å². The average Bonchev–Trinajstić information content (AvgIpc) is 2.77. The normalized spacial score (nSPS) is 10.2. The number of hydrogen-bond acceptors (Lipinski definition) is 3. The maximum atomic E-state index is 13.3. The number of carbonyl (C=O) groups is 1. The zero-order valence-electron chi connectivity index (χ0n) is 8.94.